The first-order valence-corrected chi connectivity index (χ1v) is 4.07. The van der Waals surface area contributed by atoms with Crippen molar-refractivity contribution in [3.05, 3.63) is 0 Å². The maximum Gasteiger partial charge on any atom is 0.415 e. The maximum atomic E-state index is 11.9. The fourth-order valence-electron chi connectivity index (χ4n) is 0.668. The van der Waals surface area contributed by atoms with Crippen LogP contribution in [0.15, 0.2) is 0 Å². The lowest BCUT2D eigenvalue weighted by Gasteiger charge is -2.18. The van der Waals surface area contributed by atoms with Gasteiger partial charge in [0.2, 0.25) is 0 Å². The van der Waals surface area contributed by atoms with E-state index in [0.717, 1.165) is 6.92 Å². The molecular formula is C7H11F6NO. The van der Waals surface area contributed by atoms with Crippen molar-refractivity contribution in [1.29, 1.82) is 0 Å². The van der Waals surface area contributed by atoms with E-state index in [1.165, 1.54) is 0 Å². The number of aliphatic hydroxyl groups excluding tert-OH is 1. The molecule has 0 spiro atoms. The summed E-state index contributed by atoms with van der Waals surface area (Å²) in [5, 5.41) is 10.3. The predicted molar refractivity (Wildman–Crippen MR) is 40.2 cm³/mol. The highest BCUT2D eigenvalue weighted by Gasteiger charge is 2.39. The van der Waals surface area contributed by atoms with Crippen LogP contribution in [0.4, 0.5) is 26.3 Å². The van der Waals surface area contributed by atoms with Crippen molar-refractivity contribution in [1.82, 2.24) is 5.32 Å². The number of nitrogens with one attached hydrogen (secondary N) is 1. The molecule has 0 aromatic heterocycles. The van der Waals surface area contributed by atoms with E-state index < -0.39 is 37.5 Å². The molecule has 0 aromatic carbocycles. The molecule has 15 heavy (non-hydrogen) atoms. The van der Waals surface area contributed by atoms with Gasteiger partial charge in [-0.05, 0) is 0 Å². The Labute approximate surface area is 82.3 Å². The van der Waals surface area contributed by atoms with Crippen molar-refractivity contribution >= 4 is 0 Å². The summed E-state index contributed by atoms with van der Waals surface area (Å²) in [7, 11) is 0. The Morgan fingerprint density at radius 3 is 1.80 bits per heavy atom. The summed E-state index contributed by atoms with van der Waals surface area (Å²) in [5.74, 6) is -1.75. The highest BCUT2D eigenvalue weighted by molar-refractivity contribution is 4.71. The summed E-state index contributed by atoms with van der Waals surface area (Å²) in [6.07, 6.45) is -11.9. The second-order valence-corrected chi connectivity index (χ2v) is 3.16. The van der Waals surface area contributed by atoms with Crippen LogP contribution in [-0.2, 0) is 0 Å². The number of halogens is 6. The van der Waals surface area contributed by atoms with Crippen LogP contribution in [0, 0.1) is 5.92 Å². The Morgan fingerprint density at radius 2 is 1.47 bits per heavy atom. The molecule has 2 nitrogen and oxygen atoms in total. The Kier molecular flexibility index (Phi) is 4.85. The normalized spacial score (nSPS) is 17.6. The molecule has 0 bridgehead atoms. The van der Waals surface area contributed by atoms with Crippen molar-refractivity contribution in [3.63, 3.8) is 0 Å². The molecule has 0 aliphatic carbocycles. The van der Waals surface area contributed by atoms with Crippen molar-refractivity contribution in [2.75, 3.05) is 13.1 Å². The van der Waals surface area contributed by atoms with Crippen molar-refractivity contribution in [2.24, 2.45) is 5.92 Å². The van der Waals surface area contributed by atoms with Gasteiger partial charge in [-0.3, -0.25) is 0 Å². The molecule has 8 heteroatoms. The monoisotopic (exact) mass is 239 g/mol. The summed E-state index contributed by atoms with van der Waals surface area (Å²) < 4.78 is 70.7. The molecule has 0 radical (unpaired) electrons. The van der Waals surface area contributed by atoms with Crippen LogP contribution in [0.3, 0.4) is 0 Å². The summed E-state index contributed by atoms with van der Waals surface area (Å²) in [6.45, 7) is -0.756. The minimum atomic E-state index is -4.81. The molecule has 0 saturated carbocycles. The molecule has 2 atom stereocenters. The molecular weight excluding hydrogens is 228 g/mol. The molecule has 0 heterocycles. The Morgan fingerprint density at radius 1 is 1.00 bits per heavy atom. The van der Waals surface area contributed by atoms with Crippen LogP contribution in [0.2, 0.25) is 0 Å². The third kappa shape index (κ3) is 5.83. The van der Waals surface area contributed by atoms with Gasteiger partial charge in [-0.1, -0.05) is 6.92 Å². The average molecular weight is 239 g/mol. The smallest absolute Gasteiger partial charge is 0.382 e. The molecule has 0 aliphatic heterocycles. The van der Waals surface area contributed by atoms with Gasteiger partial charge in [0.15, 0.2) is 6.10 Å². The topological polar surface area (TPSA) is 32.3 Å². The summed E-state index contributed by atoms with van der Waals surface area (Å²) in [6, 6.07) is 0. The second-order valence-electron chi connectivity index (χ2n) is 3.16. The van der Waals surface area contributed by atoms with Gasteiger partial charge in [0.05, 0.1) is 5.92 Å². The van der Waals surface area contributed by atoms with Gasteiger partial charge >= 0.3 is 12.4 Å². The predicted octanol–water partition coefficient (Wildman–Crippen LogP) is 1.70. The molecule has 0 aliphatic rings. The van der Waals surface area contributed by atoms with Gasteiger partial charge in [0, 0.05) is 13.1 Å². The summed E-state index contributed by atoms with van der Waals surface area (Å²) >= 11 is 0. The third-order valence-electron chi connectivity index (χ3n) is 1.72. The van der Waals surface area contributed by atoms with Crippen molar-refractivity contribution in [3.8, 4) is 0 Å². The number of hydrogen-bond donors (Lipinski definition) is 2. The lowest BCUT2D eigenvalue weighted by Crippen LogP contribution is -2.41. The van der Waals surface area contributed by atoms with Gasteiger partial charge in [0.1, 0.15) is 0 Å². The van der Waals surface area contributed by atoms with E-state index in [1.807, 2.05) is 5.32 Å². The Balaban J connectivity index is 3.81. The van der Waals surface area contributed by atoms with Crippen LogP contribution in [0.1, 0.15) is 6.92 Å². The summed E-state index contributed by atoms with van der Waals surface area (Å²) in [4.78, 5) is 0. The van der Waals surface area contributed by atoms with Crippen LogP contribution >= 0.6 is 0 Å². The third-order valence-corrected chi connectivity index (χ3v) is 1.72. The lowest BCUT2D eigenvalue weighted by atomic mass is 10.2. The fourth-order valence-corrected chi connectivity index (χ4v) is 0.668. The number of rotatable bonds is 4. The highest BCUT2D eigenvalue weighted by Crippen LogP contribution is 2.25. The molecule has 92 valence electrons. The maximum absolute atomic E-state index is 11.9. The van der Waals surface area contributed by atoms with Crippen LogP contribution in [0.25, 0.3) is 0 Å². The molecule has 0 rings (SSSR count). The lowest BCUT2D eigenvalue weighted by molar-refractivity contribution is -0.202. The minimum absolute atomic E-state index is 0.656. The number of aliphatic hydroxyl groups is 1. The minimum Gasteiger partial charge on any atom is -0.382 e. The van der Waals surface area contributed by atoms with E-state index in [4.69, 9.17) is 5.11 Å². The molecule has 0 aromatic rings. The standard InChI is InChI=1S/C7H11F6NO/c1-4(6(8,9)10)2-14-3-5(15)7(11,12)13/h4-5,14-15H,2-3H2,1H3. The van der Waals surface area contributed by atoms with Crippen molar-refractivity contribution in [2.45, 2.75) is 25.4 Å². The van der Waals surface area contributed by atoms with Gasteiger partial charge in [0.25, 0.3) is 0 Å². The first-order valence-electron chi connectivity index (χ1n) is 4.07. The number of hydrogen-bond acceptors (Lipinski definition) is 2. The molecule has 2 N–H and O–H groups in total. The first-order chi connectivity index (χ1) is 6.55. The zero-order valence-electron chi connectivity index (χ0n) is 7.78. The van der Waals surface area contributed by atoms with E-state index in [-0.39, 0.29) is 0 Å². The van der Waals surface area contributed by atoms with E-state index in [9.17, 15) is 26.3 Å². The van der Waals surface area contributed by atoms with Gasteiger partial charge in [-0.2, -0.15) is 26.3 Å². The van der Waals surface area contributed by atoms with E-state index >= 15 is 0 Å². The molecule has 0 amide bonds. The van der Waals surface area contributed by atoms with Gasteiger partial charge < -0.3 is 10.4 Å². The van der Waals surface area contributed by atoms with Gasteiger partial charge in [-0.15, -0.1) is 0 Å². The Hall–Kier alpha value is -0.500. The quantitative estimate of drug-likeness (QED) is 0.732. The largest absolute Gasteiger partial charge is 0.415 e. The van der Waals surface area contributed by atoms with E-state index in [1.54, 1.807) is 0 Å². The zero-order chi connectivity index (χ0) is 12.3. The van der Waals surface area contributed by atoms with Crippen LogP contribution in [0.5, 0.6) is 0 Å². The molecule has 0 saturated heterocycles. The van der Waals surface area contributed by atoms with E-state index in [0.29, 0.717) is 0 Å². The fraction of sp³-hybridized carbons (Fsp3) is 1.00. The van der Waals surface area contributed by atoms with Crippen LogP contribution in [-0.4, -0.2) is 36.7 Å². The Bertz CT molecular complexity index is 169. The van der Waals surface area contributed by atoms with Crippen molar-refractivity contribution < 1.29 is 31.4 Å². The van der Waals surface area contributed by atoms with Crippen LogP contribution < -0.4 is 5.32 Å². The molecule has 0 fully saturated rings. The first kappa shape index (κ1) is 14.5. The second kappa shape index (κ2) is 5.02. The average Bonchev–Trinajstić information content (AvgIpc) is 2.00. The highest BCUT2D eigenvalue weighted by atomic mass is 19.4. The molecule has 2 unspecified atom stereocenters. The van der Waals surface area contributed by atoms with E-state index in [2.05, 4.69) is 0 Å². The van der Waals surface area contributed by atoms with Gasteiger partial charge in [-0.25, -0.2) is 0 Å². The summed E-state index contributed by atoms with van der Waals surface area (Å²) in [5.41, 5.74) is 0. The SMILES string of the molecule is CC(CNCC(O)C(F)(F)F)C(F)(F)F. The number of alkyl halides is 6. The zero-order valence-corrected chi connectivity index (χ0v) is 7.78.